The lowest BCUT2D eigenvalue weighted by Gasteiger charge is -2.20. The molecule has 6 aromatic rings. The smallest absolute Gasteiger partial charge is 0.347 e. The predicted octanol–water partition coefficient (Wildman–Crippen LogP) is 6.80. The van der Waals surface area contributed by atoms with Crippen LogP contribution in [0.3, 0.4) is 0 Å². The molecule has 0 N–H and O–H groups in total. The van der Waals surface area contributed by atoms with Crippen molar-refractivity contribution in [2.75, 3.05) is 18.0 Å². The SMILES string of the molecule is CCN(CC)c1ccc2cc(C(=O)c3ccccc3)c(=O)oc2c1.O=C(c1ccccc1)c1cc2cc([N+](=O)[O-])ccc2oc1=O. The van der Waals surface area contributed by atoms with Crippen molar-refractivity contribution in [3.05, 3.63) is 162 Å². The van der Waals surface area contributed by atoms with Crippen LogP contribution in [0.4, 0.5) is 11.4 Å². The number of nitrogens with zero attached hydrogens (tertiary/aromatic N) is 2. The second-order valence-electron chi connectivity index (χ2n) is 10.2. The third kappa shape index (κ3) is 6.66. The zero-order valence-corrected chi connectivity index (χ0v) is 25.0. The summed E-state index contributed by atoms with van der Waals surface area (Å²) in [6, 6.07) is 29.5. The minimum Gasteiger partial charge on any atom is -0.422 e. The van der Waals surface area contributed by atoms with Crippen LogP contribution in [0, 0.1) is 10.1 Å². The zero-order valence-electron chi connectivity index (χ0n) is 25.0. The van der Waals surface area contributed by atoms with Gasteiger partial charge in [-0.1, -0.05) is 60.7 Å². The average Bonchev–Trinajstić information content (AvgIpc) is 3.08. The van der Waals surface area contributed by atoms with Crippen LogP contribution in [-0.2, 0) is 0 Å². The standard InChI is InChI=1S/C20H19NO3.C16H9NO5/c1-3-21(4-2)16-11-10-15-12-17(20(23)24-18(15)13-16)19(22)14-8-6-5-7-9-14;18-15(10-4-2-1-3-5-10)13-9-11-8-12(17(20)21)6-7-14(11)22-16(13)19/h5-13H,3-4H2,1-2H3;1-9H. The summed E-state index contributed by atoms with van der Waals surface area (Å²) in [6.45, 7) is 5.89. The van der Waals surface area contributed by atoms with E-state index in [0.29, 0.717) is 22.1 Å². The monoisotopic (exact) mass is 616 g/mol. The molecule has 0 spiro atoms. The Bertz CT molecular complexity index is 2180. The van der Waals surface area contributed by atoms with Crippen molar-refractivity contribution in [3.8, 4) is 0 Å². The van der Waals surface area contributed by atoms with Gasteiger partial charge in [-0.2, -0.15) is 0 Å². The molecular weight excluding hydrogens is 588 g/mol. The molecule has 0 radical (unpaired) electrons. The van der Waals surface area contributed by atoms with Crippen LogP contribution in [0.1, 0.15) is 45.7 Å². The Kier molecular flexibility index (Phi) is 9.28. The van der Waals surface area contributed by atoms with Gasteiger partial charge in [-0.05, 0) is 44.2 Å². The molecule has 6 rings (SSSR count). The fraction of sp³-hybridized carbons (Fsp3) is 0.111. The first-order valence-corrected chi connectivity index (χ1v) is 14.4. The molecule has 0 amide bonds. The van der Waals surface area contributed by atoms with Crippen LogP contribution in [0.2, 0.25) is 0 Å². The van der Waals surface area contributed by atoms with Gasteiger partial charge in [0.05, 0.1) is 4.92 Å². The van der Waals surface area contributed by atoms with E-state index in [-0.39, 0.29) is 28.2 Å². The fourth-order valence-electron chi connectivity index (χ4n) is 4.92. The summed E-state index contributed by atoms with van der Waals surface area (Å²) in [6.07, 6.45) is 0. The Morgan fingerprint density at radius 3 is 1.70 bits per heavy atom. The molecule has 4 aromatic carbocycles. The van der Waals surface area contributed by atoms with Crippen LogP contribution < -0.4 is 16.2 Å². The van der Waals surface area contributed by atoms with E-state index in [1.165, 1.54) is 24.3 Å². The van der Waals surface area contributed by atoms with Gasteiger partial charge in [0.25, 0.3) is 5.69 Å². The van der Waals surface area contributed by atoms with Gasteiger partial charge in [0.15, 0.2) is 11.6 Å². The number of carbonyl (C=O) groups excluding carboxylic acids is 2. The van der Waals surface area contributed by atoms with E-state index < -0.39 is 22.0 Å². The molecule has 0 aliphatic carbocycles. The Balaban J connectivity index is 0.000000182. The maximum atomic E-state index is 12.5. The van der Waals surface area contributed by atoms with Crippen molar-refractivity contribution < 1.29 is 23.3 Å². The van der Waals surface area contributed by atoms with Gasteiger partial charge >= 0.3 is 11.3 Å². The Morgan fingerprint density at radius 2 is 1.17 bits per heavy atom. The third-order valence-electron chi connectivity index (χ3n) is 7.34. The minimum atomic E-state index is -0.768. The number of nitro benzene ring substituents is 1. The quantitative estimate of drug-likeness (QED) is 0.0781. The topological polar surface area (TPSA) is 141 Å². The summed E-state index contributed by atoms with van der Waals surface area (Å²) in [5.74, 6) is -0.804. The van der Waals surface area contributed by atoms with Gasteiger partial charge < -0.3 is 13.7 Å². The van der Waals surface area contributed by atoms with Crippen molar-refractivity contribution in [3.63, 3.8) is 0 Å². The number of benzene rings is 4. The summed E-state index contributed by atoms with van der Waals surface area (Å²) < 4.78 is 10.5. The molecule has 0 unspecified atom stereocenters. The van der Waals surface area contributed by atoms with Gasteiger partial charge in [-0.3, -0.25) is 19.7 Å². The highest BCUT2D eigenvalue weighted by molar-refractivity contribution is 6.10. The summed E-state index contributed by atoms with van der Waals surface area (Å²) >= 11 is 0. The first-order valence-electron chi connectivity index (χ1n) is 14.4. The number of hydrogen-bond acceptors (Lipinski definition) is 9. The lowest BCUT2D eigenvalue weighted by atomic mass is 10.0. The second kappa shape index (κ2) is 13.6. The molecular formula is C36H28N2O8. The number of anilines is 1. The molecule has 0 saturated heterocycles. The Hall–Kier alpha value is -6.16. The molecule has 46 heavy (non-hydrogen) atoms. The van der Waals surface area contributed by atoms with Crippen molar-refractivity contribution in [1.29, 1.82) is 0 Å². The summed E-state index contributed by atoms with van der Waals surface area (Å²) in [5, 5.41) is 11.9. The van der Waals surface area contributed by atoms with Crippen LogP contribution in [0.5, 0.6) is 0 Å². The highest BCUT2D eigenvalue weighted by atomic mass is 16.6. The van der Waals surface area contributed by atoms with Crippen molar-refractivity contribution in [1.82, 2.24) is 0 Å². The van der Waals surface area contributed by atoms with E-state index in [1.54, 1.807) is 60.7 Å². The van der Waals surface area contributed by atoms with Gasteiger partial charge in [-0.15, -0.1) is 0 Å². The number of hydrogen-bond donors (Lipinski definition) is 0. The maximum Gasteiger partial charge on any atom is 0.347 e. The van der Waals surface area contributed by atoms with Crippen molar-refractivity contribution in [2.45, 2.75) is 13.8 Å². The van der Waals surface area contributed by atoms with E-state index in [1.807, 2.05) is 24.3 Å². The first-order chi connectivity index (χ1) is 22.2. The highest BCUT2D eigenvalue weighted by Gasteiger charge is 2.18. The number of fused-ring (bicyclic) bond motifs is 2. The first kappa shape index (κ1) is 31.3. The normalized spacial score (nSPS) is 10.7. The number of ketones is 2. The van der Waals surface area contributed by atoms with Crippen LogP contribution >= 0.6 is 0 Å². The van der Waals surface area contributed by atoms with E-state index in [2.05, 4.69) is 18.7 Å². The highest BCUT2D eigenvalue weighted by Crippen LogP contribution is 2.23. The lowest BCUT2D eigenvalue weighted by molar-refractivity contribution is -0.384. The predicted molar refractivity (Wildman–Crippen MR) is 175 cm³/mol. The van der Waals surface area contributed by atoms with E-state index in [9.17, 15) is 29.3 Å². The Morgan fingerprint density at radius 1 is 0.652 bits per heavy atom. The Labute approximate surface area is 262 Å². The van der Waals surface area contributed by atoms with Gasteiger partial charge in [-0.25, -0.2) is 9.59 Å². The second-order valence-corrected chi connectivity index (χ2v) is 10.2. The molecule has 0 fully saturated rings. The van der Waals surface area contributed by atoms with Crippen molar-refractivity contribution >= 4 is 44.9 Å². The number of non-ortho nitro benzene ring substituents is 1. The third-order valence-corrected chi connectivity index (χ3v) is 7.34. The van der Waals surface area contributed by atoms with Gasteiger partial charge in [0, 0.05) is 58.9 Å². The van der Waals surface area contributed by atoms with Crippen LogP contribution in [0.25, 0.3) is 21.9 Å². The summed E-state index contributed by atoms with van der Waals surface area (Å²) in [5.41, 5.74) is 0.904. The van der Waals surface area contributed by atoms with Gasteiger partial charge in [0.2, 0.25) is 0 Å². The molecule has 0 atom stereocenters. The van der Waals surface area contributed by atoms with E-state index >= 15 is 0 Å². The lowest BCUT2D eigenvalue weighted by Crippen LogP contribution is -2.21. The number of nitro groups is 1. The molecule has 2 aromatic heterocycles. The molecule has 0 bridgehead atoms. The average molecular weight is 617 g/mol. The molecule has 230 valence electrons. The number of carbonyl (C=O) groups is 2. The van der Waals surface area contributed by atoms with Gasteiger partial charge in [0.1, 0.15) is 22.3 Å². The molecule has 0 saturated carbocycles. The molecule has 0 aliphatic rings. The van der Waals surface area contributed by atoms with Crippen LogP contribution in [-0.4, -0.2) is 29.6 Å². The summed E-state index contributed by atoms with van der Waals surface area (Å²) in [4.78, 5) is 61.5. The maximum absolute atomic E-state index is 12.5. The minimum absolute atomic E-state index is 0.0595. The molecule has 0 aliphatic heterocycles. The van der Waals surface area contributed by atoms with E-state index in [0.717, 1.165) is 24.2 Å². The number of rotatable bonds is 8. The van der Waals surface area contributed by atoms with E-state index in [4.69, 9.17) is 8.83 Å². The molecule has 10 heteroatoms. The van der Waals surface area contributed by atoms with Crippen LogP contribution in [0.15, 0.2) is 128 Å². The molecule has 2 heterocycles. The zero-order chi connectivity index (χ0) is 32.8. The fourth-order valence-corrected chi connectivity index (χ4v) is 4.92. The molecule has 10 nitrogen and oxygen atoms in total. The summed E-state index contributed by atoms with van der Waals surface area (Å²) in [7, 11) is 0. The van der Waals surface area contributed by atoms with Crippen molar-refractivity contribution in [2.24, 2.45) is 0 Å². The largest absolute Gasteiger partial charge is 0.422 e.